The van der Waals surface area contributed by atoms with Crippen LogP contribution in [0, 0.1) is 0 Å². The number of nitrogens with zero attached hydrogens (tertiary/aromatic N) is 2. The van der Waals surface area contributed by atoms with Crippen molar-refractivity contribution in [1.82, 2.24) is 5.01 Å². The van der Waals surface area contributed by atoms with E-state index in [1.807, 2.05) is 30.3 Å². The van der Waals surface area contributed by atoms with Crippen LogP contribution in [0.4, 0.5) is 5.69 Å². The molecular weight excluding hydrogens is 354 g/mol. The van der Waals surface area contributed by atoms with Gasteiger partial charge < -0.3 is 14.2 Å². The zero-order valence-electron chi connectivity index (χ0n) is 13.8. The lowest BCUT2D eigenvalue weighted by Crippen LogP contribution is -2.32. The Morgan fingerprint density at radius 3 is 2.69 bits per heavy atom. The average Bonchev–Trinajstić information content (AvgIpc) is 3.41. The lowest BCUT2D eigenvalue weighted by atomic mass is 10.1. The molecule has 2 aromatic heterocycles. The van der Waals surface area contributed by atoms with E-state index in [0.29, 0.717) is 34.4 Å². The first-order chi connectivity index (χ1) is 12.7. The van der Waals surface area contributed by atoms with Gasteiger partial charge in [-0.3, -0.25) is 4.79 Å². The standard InChI is InChI=1S/C19H16ClN3O3/c20-13-5-1-2-6-14(13)21-12-19(24)23-16(18-8-4-10-26-18)11-15(22-23)17-7-3-9-25-17/h1-10,16,21H,11-12H2. The zero-order valence-corrected chi connectivity index (χ0v) is 14.5. The van der Waals surface area contributed by atoms with Gasteiger partial charge in [-0.25, -0.2) is 5.01 Å². The van der Waals surface area contributed by atoms with Gasteiger partial charge in [-0.15, -0.1) is 0 Å². The molecule has 1 unspecified atom stereocenters. The molecule has 3 heterocycles. The fourth-order valence-electron chi connectivity index (χ4n) is 2.89. The molecule has 26 heavy (non-hydrogen) atoms. The first-order valence-corrected chi connectivity index (χ1v) is 8.55. The van der Waals surface area contributed by atoms with Crippen molar-refractivity contribution in [3.63, 3.8) is 0 Å². The summed E-state index contributed by atoms with van der Waals surface area (Å²) in [6, 6.07) is 14.2. The van der Waals surface area contributed by atoms with E-state index >= 15 is 0 Å². The Bertz CT molecular complexity index is 919. The van der Waals surface area contributed by atoms with Gasteiger partial charge in [0.05, 0.1) is 29.8 Å². The predicted octanol–water partition coefficient (Wildman–Crippen LogP) is 4.32. The highest BCUT2D eigenvalue weighted by atomic mass is 35.5. The van der Waals surface area contributed by atoms with Gasteiger partial charge in [-0.2, -0.15) is 5.10 Å². The molecule has 132 valence electrons. The average molecular weight is 370 g/mol. The number of para-hydroxylation sites is 1. The molecule has 6 nitrogen and oxygen atoms in total. The number of carbonyl (C=O) groups excluding carboxylic acids is 1. The van der Waals surface area contributed by atoms with E-state index in [1.54, 1.807) is 30.7 Å². The molecule has 0 fully saturated rings. The maximum absolute atomic E-state index is 12.8. The summed E-state index contributed by atoms with van der Waals surface area (Å²) >= 11 is 6.13. The summed E-state index contributed by atoms with van der Waals surface area (Å²) in [5.74, 6) is 1.14. The molecule has 0 radical (unpaired) electrons. The molecule has 1 aliphatic rings. The second-order valence-electron chi connectivity index (χ2n) is 5.83. The Morgan fingerprint density at radius 1 is 1.15 bits per heavy atom. The minimum atomic E-state index is -0.300. The van der Waals surface area contributed by atoms with E-state index in [1.165, 1.54) is 5.01 Å². The first kappa shape index (κ1) is 16.5. The van der Waals surface area contributed by atoms with Crippen molar-refractivity contribution >= 4 is 28.9 Å². The van der Waals surface area contributed by atoms with Crippen molar-refractivity contribution in [1.29, 1.82) is 0 Å². The highest BCUT2D eigenvalue weighted by Gasteiger charge is 2.35. The number of amides is 1. The number of rotatable bonds is 5. The largest absolute Gasteiger partial charge is 0.467 e. The minimum Gasteiger partial charge on any atom is -0.467 e. The van der Waals surface area contributed by atoms with Crippen molar-refractivity contribution in [3.05, 3.63) is 77.6 Å². The van der Waals surface area contributed by atoms with Crippen molar-refractivity contribution in [2.45, 2.75) is 12.5 Å². The van der Waals surface area contributed by atoms with Gasteiger partial charge in [0.15, 0.2) is 0 Å². The van der Waals surface area contributed by atoms with Gasteiger partial charge in [0.2, 0.25) is 0 Å². The number of halogens is 1. The molecule has 0 saturated heterocycles. The minimum absolute atomic E-state index is 0.0654. The molecule has 7 heteroatoms. The third-order valence-corrected chi connectivity index (χ3v) is 4.48. The summed E-state index contributed by atoms with van der Waals surface area (Å²) in [6.45, 7) is 0.0654. The summed E-state index contributed by atoms with van der Waals surface area (Å²) < 4.78 is 10.9. The quantitative estimate of drug-likeness (QED) is 0.727. The van der Waals surface area contributed by atoms with Crippen LogP contribution in [0.1, 0.15) is 24.0 Å². The maximum Gasteiger partial charge on any atom is 0.262 e. The topological polar surface area (TPSA) is 71.0 Å². The molecular formula is C19H16ClN3O3. The van der Waals surface area contributed by atoms with Gasteiger partial charge in [-0.1, -0.05) is 23.7 Å². The Hall–Kier alpha value is -2.99. The number of hydrogen-bond acceptors (Lipinski definition) is 5. The van der Waals surface area contributed by atoms with Gasteiger partial charge in [-0.05, 0) is 36.4 Å². The van der Waals surface area contributed by atoms with Crippen LogP contribution in [0.25, 0.3) is 0 Å². The Morgan fingerprint density at radius 2 is 1.96 bits per heavy atom. The van der Waals surface area contributed by atoms with E-state index in [9.17, 15) is 4.79 Å². The number of benzene rings is 1. The van der Waals surface area contributed by atoms with Crippen LogP contribution >= 0.6 is 11.6 Å². The van der Waals surface area contributed by atoms with Gasteiger partial charge >= 0.3 is 0 Å². The van der Waals surface area contributed by atoms with Gasteiger partial charge in [0, 0.05) is 6.42 Å². The molecule has 1 aliphatic heterocycles. The fourth-order valence-corrected chi connectivity index (χ4v) is 3.09. The SMILES string of the molecule is O=C(CNc1ccccc1Cl)N1N=C(c2ccco2)CC1c1ccco1. The molecule has 0 saturated carbocycles. The van der Waals surface area contributed by atoms with E-state index in [2.05, 4.69) is 10.4 Å². The Kier molecular flexibility index (Phi) is 4.50. The maximum atomic E-state index is 12.8. The lowest BCUT2D eigenvalue weighted by Gasteiger charge is -2.20. The number of anilines is 1. The third-order valence-electron chi connectivity index (χ3n) is 4.15. The second kappa shape index (κ2) is 7.09. The van der Waals surface area contributed by atoms with Crippen LogP contribution in [0.15, 0.2) is 75.0 Å². The van der Waals surface area contributed by atoms with Crippen LogP contribution in [0.2, 0.25) is 5.02 Å². The number of carbonyl (C=O) groups is 1. The van der Waals surface area contributed by atoms with E-state index in [0.717, 1.165) is 0 Å². The molecule has 1 N–H and O–H groups in total. The second-order valence-corrected chi connectivity index (χ2v) is 6.24. The molecule has 1 amide bonds. The molecule has 4 rings (SSSR count). The molecule has 0 spiro atoms. The van der Waals surface area contributed by atoms with Gasteiger partial charge in [0.1, 0.15) is 23.3 Å². The first-order valence-electron chi connectivity index (χ1n) is 8.17. The summed E-state index contributed by atoms with van der Waals surface area (Å²) in [7, 11) is 0. The number of hydrazone groups is 1. The van der Waals surface area contributed by atoms with Crippen molar-refractivity contribution in [2.24, 2.45) is 5.10 Å². The molecule has 1 aromatic carbocycles. The van der Waals surface area contributed by atoms with Crippen molar-refractivity contribution < 1.29 is 13.6 Å². The third kappa shape index (κ3) is 3.23. The van der Waals surface area contributed by atoms with E-state index < -0.39 is 0 Å². The molecule has 1 atom stereocenters. The monoisotopic (exact) mass is 369 g/mol. The van der Waals surface area contributed by atoms with Crippen LogP contribution in [0.5, 0.6) is 0 Å². The summed E-state index contributed by atoms with van der Waals surface area (Å²) in [5, 5.41) is 9.54. The molecule has 0 bridgehead atoms. The van der Waals surface area contributed by atoms with E-state index in [-0.39, 0.29) is 18.5 Å². The highest BCUT2D eigenvalue weighted by Crippen LogP contribution is 2.33. The predicted molar refractivity (Wildman–Crippen MR) is 98.1 cm³/mol. The summed E-state index contributed by atoms with van der Waals surface area (Å²) in [4.78, 5) is 12.8. The highest BCUT2D eigenvalue weighted by molar-refractivity contribution is 6.33. The molecule has 3 aromatic rings. The number of furan rings is 2. The molecule has 0 aliphatic carbocycles. The van der Waals surface area contributed by atoms with Crippen molar-refractivity contribution in [2.75, 3.05) is 11.9 Å². The van der Waals surface area contributed by atoms with Crippen molar-refractivity contribution in [3.8, 4) is 0 Å². The summed E-state index contributed by atoms with van der Waals surface area (Å²) in [6.07, 6.45) is 3.70. The smallest absolute Gasteiger partial charge is 0.262 e. The van der Waals surface area contributed by atoms with Gasteiger partial charge in [0.25, 0.3) is 5.91 Å². The Balaban J connectivity index is 1.54. The Labute approximate surface area is 155 Å². The van der Waals surface area contributed by atoms with Crippen LogP contribution in [0.3, 0.4) is 0 Å². The lowest BCUT2D eigenvalue weighted by molar-refractivity contribution is -0.131. The van der Waals surface area contributed by atoms with E-state index in [4.69, 9.17) is 20.4 Å². The number of hydrogen-bond donors (Lipinski definition) is 1. The van der Waals surface area contributed by atoms with Crippen LogP contribution in [-0.2, 0) is 4.79 Å². The zero-order chi connectivity index (χ0) is 17.9. The normalized spacial score (nSPS) is 16.6. The number of nitrogens with one attached hydrogen (secondary N) is 1. The fraction of sp³-hybridized carbons (Fsp3) is 0.158. The van der Waals surface area contributed by atoms with Crippen LogP contribution in [-0.4, -0.2) is 23.2 Å². The summed E-state index contributed by atoms with van der Waals surface area (Å²) in [5.41, 5.74) is 1.41. The van der Waals surface area contributed by atoms with Crippen LogP contribution < -0.4 is 5.32 Å².